The van der Waals surface area contributed by atoms with Crippen LogP contribution in [0.25, 0.3) is 10.2 Å². The molecule has 2 aromatic heterocycles. The number of nitrogens with one attached hydrogen (secondary N) is 1. The van der Waals surface area contributed by atoms with E-state index in [1.807, 2.05) is 50.0 Å². The minimum atomic E-state index is -0.257. The van der Waals surface area contributed by atoms with Gasteiger partial charge in [0.1, 0.15) is 10.6 Å². The minimum Gasteiger partial charge on any atom is -0.349 e. The predicted octanol–water partition coefficient (Wildman–Crippen LogP) is 4.63. The summed E-state index contributed by atoms with van der Waals surface area (Å²) in [7, 11) is 4.02. The molecule has 0 saturated heterocycles. The Bertz CT molecular complexity index is 1180. The van der Waals surface area contributed by atoms with Crippen LogP contribution in [0.3, 0.4) is 0 Å². The molecule has 1 atom stereocenters. The fourth-order valence-electron chi connectivity index (χ4n) is 3.64. The second-order valence-electron chi connectivity index (χ2n) is 7.80. The molecule has 0 radical (unpaired) electrons. The highest BCUT2D eigenvalue weighted by Gasteiger charge is 2.19. The molecule has 0 spiro atoms. The van der Waals surface area contributed by atoms with Crippen LogP contribution in [0.5, 0.6) is 0 Å². The number of hydrogen-bond acceptors (Lipinski definition) is 4. The summed E-state index contributed by atoms with van der Waals surface area (Å²) < 4.78 is 15.1. The fraction of sp³-hybridized carbons (Fsp3) is 0.250. The van der Waals surface area contributed by atoms with Crippen molar-refractivity contribution in [2.24, 2.45) is 0 Å². The molecule has 0 aliphatic heterocycles. The number of aromatic nitrogens is 2. The largest absolute Gasteiger partial charge is 0.349 e. The van der Waals surface area contributed by atoms with E-state index in [1.165, 1.54) is 23.5 Å². The van der Waals surface area contributed by atoms with Gasteiger partial charge in [-0.15, -0.1) is 11.3 Å². The van der Waals surface area contributed by atoms with Gasteiger partial charge >= 0.3 is 0 Å². The molecule has 1 amide bonds. The molecular formula is C24H25FN4OS. The van der Waals surface area contributed by atoms with Crippen molar-refractivity contribution in [2.45, 2.75) is 19.5 Å². The molecule has 0 bridgehead atoms. The topological polar surface area (TPSA) is 50.2 Å². The quantitative estimate of drug-likeness (QED) is 0.460. The third-order valence-electron chi connectivity index (χ3n) is 5.34. The third kappa shape index (κ3) is 4.68. The molecule has 0 saturated carbocycles. The average molecular weight is 437 g/mol. The number of likely N-dealkylation sites (N-methyl/N-ethyl adjacent to an activating group) is 1. The van der Waals surface area contributed by atoms with E-state index in [2.05, 4.69) is 27.4 Å². The van der Waals surface area contributed by atoms with Crippen molar-refractivity contribution in [2.75, 3.05) is 20.6 Å². The van der Waals surface area contributed by atoms with E-state index in [-0.39, 0.29) is 17.8 Å². The van der Waals surface area contributed by atoms with Crippen molar-refractivity contribution in [1.29, 1.82) is 0 Å². The number of carbonyl (C=O) groups excluding carboxylic acids is 1. The van der Waals surface area contributed by atoms with Crippen molar-refractivity contribution >= 4 is 27.5 Å². The predicted molar refractivity (Wildman–Crippen MR) is 123 cm³/mol. The van der Waals surface area contributed by atoms with E-state index >= 15 is 0 Å². The van der Waals surface area contributed by atoms with Crippen LogP contribution in [0, 0.1) is 12.7 Å². The highest BCUT2D eigenvalue weighted by atomic mass is 32.1. The molecule has 2 aromatic carbocycles. The summed E-state index contributed by atoms with van der Waals surface area (Å²) in [6.45, 7) is 2.99. The van der Waals surface area contributed by atoms with Crippen LogP contribution >= 0.6 is 11.3 Å². The SMILES string of the molecule is Cc1nn(Cc2ccc(F)cc2)c2sc(C(=O)NC[C@H](c3ccccc3)N(C)C)cc12. The lowest BCUT2D eigenvalue weighted by molar-refractivity contribution is 0.0946. The number of fused-ring (bicyclic) bond motifs is 1. The number of hydrogen-bond donors (Lipinski definition) is 1. The number of aryl methyl sites for hydroxylation is 1. The lowest BCUT2D eigenvalue weighted by Crippen LogP contribution is -2.34. The van der Waals surface area contributed by atoms with Crippen LogP contribution in [0.15, 0.2) is 60.7 Å². The third-order valence-corrected chi connectivity index (χ3v) is 6.49. The second kappa shape index (κ2) is 8.99. The molecule has 4 aromatic rings. The van der Waals surface area contributed by atoms with Crippen LogP contribution in [0.2, 0.25) is 0 Å². The van der Waals surface area contributed by atoms with Gasteiger partial charge in [-0.25, -0.2) is 4.39 Å². The van der Waals surface area contributed by atoms with Crippen LogP contribution in [-0.2, 0) is 6.54 Å². The van der Waals surface area contributed by atoms with Gasteiger partial charge in [0.25, 0.3) is 5.91 Å². The molecule has 5 nitrogen and oxygen atoms in total. The van der Waals surface area contributed by atoms with Gasteiger partial charge in [-0.2, -0.15) is 5.10 Å². The van der Waals surface area contributed by atoms with E-state index < -0.39 is 0 Å². The summed E-state index contributed by atoms with van der Waals surface area (Å²) in [6.07, 6.45) is 0. The summed E-state index contributed by atoms with van der Waals surface area (Å²) in [6, 6.07) is 18.6. The molecule has 0 aliphatic rings. The number of nitrogens with zero attached hydrogens (tertiary/aromatic N) is 3. The van der Waals surface area contributed by atoms with Gasteiger partial charge in [-0.1, -0.05) is 42.5 Å². The summed E-state index contributed by atoms with van der Waals surface area (Å²) >= 11 is 1.43. The number of carbonyl (C=O) groups is 1. The monoisotopic (exact) mass is 436 g/mol. The van der Waals surface area contributed by atoms with Gasteiger partial charge in [0.05, 0.1) is 23.2 Å². The first-order valence-electron chi connectivity index (χ1n) is 10.1. The van der Waals surface area contributed by atoms with Gasteiger partial charge in [0.15, 0.2) is 0 Å². The summed E-state index contributed by atoms with van der Waals surface area (Å²) in [4.78, 5) is 16.6. The maximum Gasteiger partial charge on any atom is 0.261 e. The number of amides is 1. The Morgan fingerprint density at radius 2 is 1.87 bits per heavy atom. The Labute approximate surface area is 185 Å². The standard InChI is InChI=1S/C24H25FN4OS/c1-16-20-13-22(23(30)26-14-21(28(2)3)18-7-5-4-6-8-18)31-24(20)29(27-16)15-17-9-11-19(25)12-10-17/h4-13,21H,14-15H2,1-3H3,(H,26,30)/t21-/m1/s1. The van der Waals surface area contributed by atoms with E-state index in [1.54, 1.807) is 12.1 Å². The lowest BCUT2D eigenvalue weighted by Gasteiger charge is -2.25. The molecule has 7 heteroatoms. The molecule has 2 heterocycles. The smallest absolute Gasteiger partial charge is 0.261 e. The number of halogens is 1. The van der Waals surface area contributed by atoms with Crippen molar-refractivity contribution in [1.82, 2.24) is 20.0 Å². The first-order valence-corrected chi connectivity index (χ1v) is 10.9. The molecule has 0 aliphatic carbocycles. The Hall–Kier alpha value is -3.03. The summed E-state index contributed by atoms with van der Waals surface area (Å²) in [5.74, 6) is -0.344. The van der Waals surface area contributed by atoms with Crippen LogP contribution in [0.1, 0.15) is 32.5 Å². The highest BCUT2D eigenvalue weighted by molar-refractivity contribution is 7.20. The maximum atomic E-state index is 13.2. The summed E-state index contributed by atoms with van der Waals surface area (Å²) in [5.41, 5.74) is 3.00. The first-order chi connectivity index (χ1) is 14.9. The first kappa shape index (κ1) is 21.2. The molecule has 31 heavy (non-hydrogen) atoms. The normalized spacial score (nSPS) is 12.4. The Balaban J connectivity index is 1.51. The van der Waals surface area contributed by atoms with Gasteiger partial charge in [-0.05, 0) is 50.3 Å². The molecule has 160 valence electrons. The van der Waals surface area contributed by atoms with E-state index in [9.17, 15) is 9.18 Å². The molecule has 4 rings (SSSR count). The Morgan fingerprint density at radius 3 is 2.55 bits per heavy atom. The fourth-order valence-corrected chi connectivity index (χ4v) is 4.72. The Kier molecular flexibility index (Phi) is 6.15. The number of rotatable bonds is 7. The molecule has 0 unspecified atom stereocenters. The zero-order chi connectivity index (χ0) is 22.0. The highest BCUT2D eigenvalue weighted by Crippen LogP contribution is 2.29. The number of benzene rings is 2. The van der Waals surface area contributed by atoms with E-state index in [0.717, 1.165) is 27.0 Å². The average Bonchev–Trinajstić information content (AvgIpc) is 3.32. The molecular weight excluding hydrogens is 411 g/mol. The Morgan fingerprint density at radius 1 is 1.16 bits per heavy atom. The minimum absolute atomic E-state index is 0.0864. The van der Waals surface area contributed by atoms with Gasteiger partial charge in [0.2, 0.25) is 0 Å². The maximum absolute atomic E-state index is 13.2. The number of thiophene rings is 1. The zero-order valence-corrected chi connectivity index (χ0v) is 18.6. The van der Waals surface area contributed by atoms with Gasteiger partial charge in [-0.3, -0.25) is 9.48 Å². The van der Waals surface area contributed by atoms with Crippen molar-refractivity contribution in [3.63, 3.8) is 0 Å². The van der Waals surface area contributed by atoms with Gasteiger partial charge in [0, 0.05) is 11.9 Å². The second-order valence-corrected chi connectivity index (χ2v) is 8.83. The van der Waals surface area contributed by atoms with Crippen molar-refractivity contribution < 1.29 is 9.18 Å². The van der Waals surface area contributed by atoms with Crippen LogP contribution in [0.4, 0.5) is 4.39 Å². The molecule has 1 N–H and O–H groups in total. The lowest BCUT2D eigenvalue weighted by atomic mass is 10.1. The van der Waals surface area contributed by atoms with E-state index in [4.69, 9.17) is 0 Å². The van der Waals surface area contributed by atoms with Crippen LogP contribution in [-0.4, -0.2) is 41.2 Å². The molecule has 0 fully saturated rings. The van der Waals surface area contributed by atoms with Crippen molar-refractivity contribution in [3.8, 4) is 0 Å². The van der Waals surface area contributed by atoms with Gasteiger partial charge < -0.3 is 10.2 Å². The zero-order valence-electron chi connectivity index (χ0n) is 17.8. The van der Waals surface area contributed by atoms with E-state index in [0.29, 0.717) is 18.0 Å². The van der Waals surface area contributed by atoms with Crippen LogP contribution < -0.4 is 5.32 Å². The summed E-state index contributed by atoms with van der Waals surface area (Å²) in [5, 5.41) is 8.66. The van der Waals surface area contributed by atoms with Crippen molar-refractivity contribution in [3.05, 3.63) is 88.2 Å².